The van der Waals surface area contributed by atoms with Gasteiger partial charge in [0.15, 0.2) is 5.82 Å². The van der Waals surface area contributed by atoms with Crippen molar-refractivity contribution in [2.24, 2.45) is 11.3 Å². The molecular formula is C22H24F3N5O2. The van der Waals surface area contributed by atoms with Gasteiger partial charge < -0.3 is 10.1 Å². The maximum atomic E-state index is 12.9. The highest BCUT2D eigenvalue weighted by atomic mass is 19.4. The van der Waals surface area contributed by atoms with Gasteiger partial charge in [0.1, 0.15) is 0 Å². The monoisotopic (exact) mass is 447 g/mol. The lowest BCUT2D eigenvalue weighted by atomic mass is 9.54. The summed E-state index contributed by atoms with van der Waals surface area (Å²) >= 11 is 0. The zero-order valence-electron chi connectivity index (χ0n) is 17.3. The number of carbonyl (C=O) groups excluding carboxylic acids is 1. The van der Waals surface area contributed by atoms with Gasteiger partial charge >= 0.3 is 12.2 Å². The Morgan fingerprint density at radius 1 is 1.12 bits per heavy atom. The van der Waals surface area contributed by atoms with Crippen LogP contribution in [0.4, 0.5) is 23.8 Å². The Bertz CT molecular complexity index is 992. The number of alkyl halides is 3. The van der Waals surface area contributed by atoms with Gasteiger partial charge in [-0.2, -0.15) is 13.2 Å². The standard InChI is InChI=1S/C22H24F3N5O2/c23-22(24,25)14-5-3-4-13(12-14)16-6-7-17(28-27-16)29-30-20(31)26-18-15-8-11-32-19(15)21(18)9-1-2-10-21/h3-7,12,15,18-19H,1-2,8-11H2,(H,28,29)(H2,26,30,31). The normalized spacial score (nSPS) is 25.8. The highest BCUT2D eigenvalue weighted by Gasteiger charge is 2.65. The van der Waals surface area contributed by atoms with Crippen LogP contribution in [0.5, 0.6) is 0 Å². The minimum Gasteiger partial charge on any atom is -0.377 e. The van der Waals surface area contributed by atoms with Gasteiger partial charge in [-0.1, -0.05) is 25.0 Å². The van der Waals surface area contributed by atoms with Crippen LogP contribution in [-0.2, 0) is 10.9 Å². The second-order valence-electron chi connectivity index (χ2n) is 8.77. The lowest BCUT2D eigenvalue weighted by molar-refractivity contribution is -0.137. The number of fused-ring (bicyclic) bond motifs is 2. The summed E-state index contributed by atoms with van der Waals surface area (Å²) in [5.74, 6) is 0.646. The van der Waals surface area contributed by atoms with E-state index in [-0.39, 0.29) is 29.4 Å². The van der Waals surface area contributed by atoms with E-state index in [0.29, 0.717) is 17.2 Å². The lowest BCUT2D eigenvalue weighted by Gasteiger charge is -2.56. The van der Waals surface area contributed by atoms with Crippen LogP contribution in [0.3, 0.4) is 0 Å². The Kier molecular flexibility index (Phi) is 5.19. The Labute approximate surface area is 183 Å². The van der Waals surface area contributed by atoms with Crippen LogP contribution in [0.2, 0.25) is 0 Å². The van der Waals surface area contributed by atoms with Gasteiger partial charge in [-0.25, -0.2) is 4.79 Å². The molecule has 3 aliphatic rings. The summed E-state index contributed by atoms with van der Waals surface area (Å²) in [5.41, 5.74) is 5.21. The Balaban J connectivity index is 1.18. The summed E-state index contributed by atoms with van der Waals surface area (Å²) in [6, 6.07) is 7.75. The van der Waals surface area contributed by atoms with Gasteiger partial charge in [0.2, 0.25) is 0 Å². The second kappa shape index (κ2) is 7.91. The largest absolute Gasteiger partial charge is 0.416 e. The first-order chi connectivity index (χ1) is 15.4. The van der Waals surface area contributed by atoms with E-state index in [4.69, 9.17) is 4.74 Å². The molecule has 170 valence electrons. The van der Waals surface area contributed by atoms with Gasteiger partial charge in [0, 0.05) is 29.5 Å². The van der Waals surface area contributed by atoms with E-state index in [1.54, 1.807) is 12.1 Å². The Morgan fingerprint density at radius 2 is 1.94 bits per heavy atom. The van der Waals surface area contributed by atoms with Gasteiger partial charge in [-0.05, 0) is 43.5 Å². The number of nitrogens with one attached hydrogen (secondary N) is 3. The van der Waals surface area contributed by atoms with Gasteiger partial charge in [0.05, 0.1) is 17.4 Å². The summed E-state index contributed by atoms with van der Waals surface area (Å²) in [6.07, 6.45) is 1.29. The molecule has 2 amide bonds. The molecule has 1 saturated heterocycles. The van der Waals surface area contributed by atoms with Crippen LogP contribution in [0, 0.1) is 11.3 Å². The molecule has 1 spiro atoms. The fraction of sp³-hybridized carbons (Fsp3) is 0.500. The first kappa shape index (κ1) is 21.0. The number of ether oxygens (including phenoxy) is 1. The molecule has 2 saturated carbocycles. The van der Waals surface area contributed by atoms with Crippen molar-refractivity contribution in [1.82, 2.24) is 20.9 Å². The van der Waals surface area contributed by atoms with Gasteiger partial charge in [0.25, 0.3) is 0 Å². The lowest BCUT2D eigenvalue weighted by Crippen LogP contribution is -2.69. The van der Waals surface area contributed by atoms with Gasteiger partial charge in [-0.15, -0.1) is 10.2 Å². The molecule has 10 heteroatoms. The molecule has 7 nitrogen and oxygen atoms in total. The Morgan fingerprint density at radius 3 is 2.66 bits per heavy atom. The number of nitrogens with zero attached hydrogens (tertiary/aromatic N) is 2. The number of halogens is 3. The van der Waals surface area contributed by atoms with Crippen molar-refractivity contribution < 1.29 is 22.7 Å². The number of benzene rings is 1. The predicted octanol–water partition coefficient (Wildman–Crippen LogP) is 4.14. The van der Waals surface area contributed by atoms with Crippen molar-refractivity contribution >= 4 is 11.8 Å². The van der Waals surface area contributed by atoms with Crippen molar-refractivity contribution in [1.29, 1.82) is 0 Å². The van der Waals surface area contributed by atoms with Crippen molar-refractivity contribution in [3.63, 3.8) is 0 Å². The smallest absolute Gasteiger partial charge is 0.377 e. The molecule has 1 aromatic heterocycles. The van der Waals surface area contributed by atoms with E-state index in [1.807, 2.05) is 0 Å². The van der Waals surface area contributed by atoms with E-state index in [0.717, 1.165) is 38.0 Å². The Hall–Kier alpha value is -2.88. The zero-order valence-corrected chi connectivity index (χ0v) is 17.3. The van der Waals surface area contributed by atoms with Crippen LogP contribution in [0.15, 0.2) is 36.4 Å². The first-order valence-corrected chi connectivity index (χ1v) is 10.8. The molecule has 2 heterocycles. The molecule has 3 N–H and O–H groups in total. The minimum absolute atomic E-state index is 0.0604. The molecule has 3 atom stereocenters. The van der Waals surface area contributed by atoms with Crippen molar-refractivity contribution in [2.75, 3.05) is 12.0 Å². The molecule has 1 aliphatic heterocycles. The van der Waals surface area contributed by atoms with E-state index >= 15 is 0 Å². The molecule has 32 heavy (non-hydrogen) atoms. The number of hydrogen-bond donors (Lipinski definition) is 3. The molecule has 0 bridgehead atoms. The predicted molar refractivity (Wildman–Crippen MR) is 110 cm³/mol. The fourth-order valence-electron chi connectivity index (χ4n) is 5.61. The molecule has 2 aromatic rings. The van der Waals surface area contributed by atoms with Crippen molar-refractivity contribution in [3.8, 4) is 11.3 Å². The average Bonchev–Trinajstić information content (AvgIpc) is 3.45. The number of amides is 2. The molecule has 3 unspecified atom stereocenters. The first-order valence-electron chi connectivity index (χ1n) is 10.8. The highest BCUT2D eigenvalue weighted by molar-refractivity contribution is 5.76. The maximum absolute atomic E-state index is 12.9. The number of rotatable bonds is 4. The zero-order chi connectivity index (χ0) is 22.3. The maximum Gasteiger partial charge on any atom is 0.416 e. The number of hydrogen-bond acceptors (Lipinski definition) is 5. The van der Waals surface area contributed by atoms with E-state index in [1.165, 1.54) is 25.0 Å². The van der Waals surface area contributed by atoms with E-state index < -0.39 is 11.7 Å². The summed E-state index contributed by atoms with van der Waals surface area (Å²) < 4.78 is 44.7. The third-order valence-electron chi connectivity index (χ3n) is 7.03. The molecule has 0 radical (unpaired) electrons. The molecule has 2 aliphatic carbocycles. The third-order valence-corrected chi connectivity index (χ3v) is 7.03. The van der Waals surface area contributed by atoms with Gasteiger partial charge in [-0.3, -0.25) is 10.9 Å². The van der Waals surface area contributed by atoms with E-state index in [2.05, 4.69) is 26.4 Å². The minimum atomic E-state index is -4.43. The quantitative estimate of drug-likeness (QED) is 0.614. The molecular weight excluding hydrogens is 423 g/mol. The van der Waals surface area contributed by atoms with E-state index in [9.17, 15) is 18.0 Å². The second-order valence-corrected chi connectivity index (χ2v) is 8.77. The number of hydrazine groups is 1. The van der Waals surface area contributed by atoms with Crippen molar-refractivity contribution in [3.05, 3.63) is 42.0 Å². The van der Waals surface area contributed by atoms with Crippen LogP contribution in [0.25, 0.3) is 11.3 Å². The topological polar surface area (TPSA) is 88.2 Å². The SMILES string of the molecule is O=C(NNc1ccc(-c2cccc(C(F)(F)F)c2)nn1)NC1C2CCOC2C12CCCC2. The number of urea groups is 1. The summed E-state index contributed by atoms with van der Waals surface area (Å²) in [7, 11) is 0. The van der Waals surface area contributed by atoms with Crippen LogP contribution in [0.1, 0.15) is 37.7 Å². The highest BCUT2D eigenvalue weighted by Crippen LogP contribution is 2.60. The van der Waals surface area contributed by atoms with Crippen LogP contribution >= 0.6 is 0 Å². The number of anilines is 1. The summed E-state index contributed by atoms with van der Waals surface area (Å²) in [4.78, 5) is 12.5. The van der Waals surface area contributed by atoms with Crippen LogP contribution < -0.4 is 16.2 Å². The van der Waals surface area contributed by atoms with Crippen molar-refractivity contribution in [2.45, 2.75) is 50.4 Å². The number of aromatic nitrogens is 2. The fourth-order valence-corrected chi connectivity index (χ4v) is 5.61. The average molecular weight is 447 g/mol. The van der Waals surface area contributed by atoms with Crippen LogP contribution in [-0.4, -0.2) is 35.0 Å². The third kappa shape index (κ3) is 3.66. The summed E-state index contributed by atoms with van der Waals surface area (Å²) in [5, 5.41) is 11.0. The summed E-state index contributed by atoms with van der Waals surface area (Å²) in [6.45, 7) is 0.753. The molecule has 3 fully saturated rings. The number of carbonyl (C=O) groups is 1. The molecule has 5 rings (SSSR count). The molecule has 1 aromatic carbocycles.